The van der Waals surface area contributed by atoms with E-state index < -0.39 is 5.91 Å². The quantitative estimate of drug-likeness (QED) is 0.422. The third-order valence-corrected chi connectivity index (χ3v) is 5.75. The maximum absolute atomic E-state index is 12.1. The molecular formula is C21H23ClN6O. The fourth-order valence-corrected chi connectivity index (χ4v) is 4.28. The molecule has 1 aliphatic carbocycles. The summed E-state index contributed by atoms with van der Waals surface area (Å²) in [6.45, 7) is 0.596. The number of nitrogens with one attached hydrogen (secondary N) is 4. The summed E-state index contributed by atoms with van der Waals surface area (Å²) in [7, 11) is 0. The topological polar surface area (TPSA) is 102 Å². The zero-order valence-corrected chi connectivity index (χ0v) is 16.7. The Balaban J connectivity index is 1.62. The summed E-state index contributed by atoms with van der Waals surface area (Å²) in [6, 6.07) is 13.0. The van der Waals surface area contributed by atoms with E-state index in [2.05, 4.69) is 21.3 Å². The number of amides is 1. The Hall–Kier alpha value is -2.77. The molecule has 2 aliphatic rings. The third-order valence-electron chi connectivity index (χ3n) is 5.52. The molecule has 1 heterocycles. The van der Waals surface area contributed by atoms with Crippen LogP contribution in [0.3, 0.4) is 0 Å². The van der Waals surface area contributed by atoms with Crippen LogP contribution < -0.4 is 16.2 Å². The summed E-state index contributed by atoms with van der Waals surface area (Å²) in [5, 5.41) is 7.38. The third kappa shape index (κ3) is 4.02. The number of nitrogens with zero attached hydrogens (tertiary/aromatic N) is 2. The van der Waals surface area contributed by atoms with E-state index in [0.717, 1.165) is 37.1 Å². The maximum Gasteiger partial charge on any atom is 0.297 e. The first kappa shape index (κ1) is 19.5. The van der Waals surface area contributed by atoms with Crippen LogP contribution in [0, 0.1) is 5.53 Å². The second kappa shape index (κ2) is 8.31. The van der Waals surface area contributed by atoms with Crippen LogP contribution in [-0.2, 0) is 6.54 Å². The molecule has 0 bridgehead atoms. The number of hydrogen-bond acceptors (Lipinski definition) is 6. The number of halogens is 1. The maximum atomic E-state index is 12.1. The monoisotopic (exact) mass is 410 g/mol. The van der Waals surface area contributed by atoms with Crippen LogP contribution in [0.4, 0.5) is 11.4 Å². The van der Waals surface area contributed by atoms with Crippen LogP contribution in [0.25, 0.3) is 0 Å². The van der Waals surface area contributed by atoms with E-state index >= 15 is 0 Å². The largest absolute Gasteiger partial charge is 0.370 e. The van der Waals surface area contributed by atoms with Gasteiger partial charge in [-0.3, -0.25) is 4.79 Å². The molecule has 4 N–H and O–H groups in total. The van der Waals surface area contributed by atoms with Gasteiger partial charge in [-0.25, -0.2) is 15.9 Å². The molecule has 29 heavy (non-hydrogen) atoms. The average Bonchev–Trinajstić information content (AvgIpc) is 2.74. The van der Waals surface area contributed by atoms with Crippen molar-refractivity contribution in [3.63, 3.8) is 0 Å². The molecule has 7 nitrogen and oxygen atoms in total. The first-order valence-corrected chi connectivity index (χ1v) is 10.1. The molecule has 1 amide bonds. The van der Waals surface area contributed by atoms with E-state index in [1.807, 2.05) is 30.3 Å². The van der Waals surface area contributed by atoms with Crippen LogP contribution in [0.15, 0.2) is 52.6 Å². The molecule has 0 saturated heterocycles. The SMILES string of the molecule is N=NC(=O)c1cccc2c1NC1(CCCCC1)C(NNCc1cccc(Cl)c1)=N2. The molecule has 0 atom stereocenters. The number of para-hydroxylation sites is 1. The Morgan fingerprint density at radius 2 is 2.00 bits per heavy atom. The lowest BCUT2D eigenvalue weighted by molar-refractivity contribution is 0.0991. The van der Waals surface area contributed by atoms with Gasteiger partial charge in [0.25, 0.3) is 5.91 Å². The lowest BCUT2D eigenvalue weighted by Crippen LogP contribution is -2.58. The highest BCUT2D eigenvalue weighted by Crippen LogP contribution is 2.42. The van der Waals surface area contributed by atoms with E-state index in [0.29, 0.717) is 28.5 Å². The molecule has 4 rings (SSSR count). The number of rotatable bonds is 4. The number of hydrogen-bond donors (Lipinski definition) is 4. The number of fused-ring (bicyclic) bond motifs is 1. The van der Waals surface area contributed by atoms with Crippen molar-refractivity contribution in [3.05, 3.63) is 58.6 Å². The van der Waals surface area contributed by atoms with Gasteiger partial charge in [0.15, 0.2) is 0 Å². The Morgan fingerprint density at radius 3 is 2.76 bits per heavy atom. The molecular weight excluding hydrogens is 388 g/mol. The number of benzene rings is 2. The van der Waals surface area contributed by atoms with Crippen molar-refractivity contribution in [1.29, 1.82) is 5.53 Å². The summed E-state index contributed by atoms with van der Waals surface area (Å²) < 4.78 is 0. The van der Waals surface area contributed by atoms with Crippen molar-refractivity contribution in [2.75, 3.05) is 5.32 Å². The minimum atomic E-state index is -0.564. The Kier molecular flexibility index (Phi) is 5.60. The van der Waals surface area contributed by atoms with Gasteiger partial charge in [0, 0.05) is 11.6 Å². The summed E-state index contributed by atoms with van der Waals surface area (Å²) in [5.74, 6) is 0.255. The van der Waals surface area contributed by atoms with E-state index in [4.69, 9.17) is 22.1 Å². The van der Waals surface area contributed by atoms with Crippen molar-refractivity contribution in [2.45, 2.75) is 44.2 Å². The van der Waals surface area contributed by atoms with Gasteiger partial charge < -0.3 is 10.7 Å². The fraction of sp³-hybridized carbons (Fsp3) is 0.333. The zero-order chi connectivity index (χ0) is 20.3. The molecule has 2 aromatic rings. The predicted octanol–water partition coefficient (Wildman–Crippen LogP) is 4.96. The molecule has 8 heteroatoms. The standard InChI is InChI=1S/C21H23ClN6O/c22-15-7-4-6-14(12-15)13-24-28-20-21(10-2-1-3-11-21)26-18-16(19(29)27-23)8-5-9-17(18)25-20/h4-9,12,23-24,26H,1-3,10-11,13H2,(H,25,28). The van der Waals surface area contributed by atoms with E-state index in [1.165, 1.54) is 6.42 Å². The van der Waals surface area contributed by atoms with Crippen LogP contribution in [0.1, 0.15) is 48.0 Å². The van der Waals surface area contributed by atoms with Crippen LogP contribution in [0.5, 0.6) is 0 Å². The normalized spacial score (nSPS) is 17.1. The molecule has 1 saturated carbocycles. The Bertz CT molecular complexity index is 967. The summed E-state index contributed by atoms with van der Waals surface area (Å²) in [4.78, 5) is 17.0. The Labute approximate surface area is 174 Å². The van der Waals surface area contributed by atoms with Gasteiger partial charge in [0.1, 0.15) is 5.84 Å². The molecule has 0 unspecified atom stereocenters. The highest BCUT2D eigenvalue weighted by atomic mass is 35.5. The number of hydrazine groups is 1. The smallest absolute Gasteiger partial charge is 0.297 e. The van der Waals surface area contributed by atoms with Crippen molar-refractivity contribution in [1.82, 2.24) is 10.9 Å². The van der Waals surface area contributed by atoms with Gasteiger partial charge in [-0.1, -0.05) is 49.1 Å². The molecule has 1 fully saturated rings. The lowest BCUT2D eigenvalue weighted by atomic mass is 9.79. The summed E-state index contributed by atoms with van der Waals surface area (Å²) in [6.07, 6.45) is 5.17. The van der Waals surface area contributed by atoms with E-state index in [9.17, 15) is 4.79 Å². The molecule has 1 aliphatic heterocycles. The molecule has 0 radical (unpaired) electrons. The van der Waals surface area contributed by atoms with Crippen molar-refractivity contribution < 1.29 is 4.79 Å². The second-order valence-corrected chi connectivity index (χ2v) is 7.89. The number of carbonyl (C=O) groups excluding carboxylic acids is 1. The minimum Gasteiger partial charge on any atom is -0.370 e. The van der Waals surface area contributed by atoms with Crippen LogP contribution in [-0.4, -0.2) is 17.3 Å². The van der Waals surface area contributed by atoms with Crippen LogP contribution >= 0.6 is 11.6 Å². The van der Waals surface area contributed by atoms with Crippen molar-refractivity contribution >= 4 is 34.7 Å². The van der Waals surface area contributed by atoms with Gasteiger partial charge in [0.05, 0.1) is 22.5 Å². The van der Waals surface area contributed by atoms with Gasteiger partial charge in [-0.05, 0) is 42.7 Å². The average molecular weight is 411 g/mol. The lowest BCUT2D eigenvalue weighted by Gasteiger charge is -2.43. The van der Waals surface area contributed by atoms with Gasteiger partial charge in [-0.15, -0.1) is 5.11 Å². The molecule has 0 aromatic heterocycles. The highest BCUT2D eigenvalue weighted by molar-refractivity contribution is 6.30. The predicted molar refractivity (Wildman–Crippen MR) is 114 cm³/mol. The minimum absolute atomic E-state index is 0.370. The zero-order valence-electron chi connectivity index (χ0n) is 16.0. The number of anilines is 1. The van der Waals surface area contributed by atoms with Gasteiger partial charge in [0.2, 0.25) is 0 Å². The summed E-state index contributed by atoms with van der Waals surface area (Å²) >= 11 is 6.07. The number of amidine groups is 1. The number of aliphatic imine (C=N–C) groups is 1. The van der Waals surface area contributed by atoms with E-state index in [-0.39, 0.29) is 5.54 Å². The fourth-order valence-electron chi connectivity index (χ4n) is 4.07. The highest BCUT2D eigenvalue weighted by Gasteiger charge is 2.41. The molecule has 2 aromatic carbocycles. The van der Waals surface area contributed by atoms with Crippen LogP contribution in [0.2, 0.25) is 5.02 Å². The van der Waals surface area contributed by atoms with Gasteiger partial charge >= 0.3 is 0 Å². The summed E-state index contributed by atoms with van der Waals surface area (Å²) in [5.41, 5.74) is 16.1. The Morgan fingerprint density at radius 1 is 1.21 bits per heavy atom. The van der Waals surface area contributed by atoms with E-state index in [1.54, 1.807) is 12.1 Å². The second-order valence-electron chi connectivity index (χ2n) is 7.45. The first-order chi connectivity index (χ1) is 14.1. The van der Waals surface area contributed by atoms with Crippen molar-refractivity contribution in [3.8, 4) is 0 Å². The number of carbonyl (C=O) groups is 1. The molecule has 1 spiro atoms. The van der Waals surface area contributed by atoms with Gasteiger partial charge in [-0.2, -0.15) is 0 Å². The first-order valence-electron chi connectivity index (χ1n) is 9.77. The van der Waals surface area contributed by atoms with Crippen molar-refractivity contribution in [2.24, 2.45) is 10.1 Å². The molecule has 150 valence electrons.